The summed E-state index contributed by atoms with van der Waals surface area (Å²) in [6, 6.07) is 7.62. The third-order valence-corrected chi connectivity index (χ3v) is 5.54. The third-order valence-electron chi connectivity index (χ3n) is 4.16. The number of anilines is 1. The summed E-state index contributed by atoms with van der Waals surface area (Å²) in [4.78, 5) is 13.3. The van der Waals surface area contributed by atoms with Gasteiger partial charge in [-0.3, -0.25) is 10.1 Å². The van der Waals surface area contributed by atoms with Gasteiger partial charge in [-0.2, -0.15) is 5.26 Å². The first-order valence-corrected chi connectivity index (χ1v) is 9.13. The van der Waals surface area contributed by atoms with Crippen LogP contribution >= 0.6 is 23.6 Å². The van der Waals surface area contributed by atoms with E-state index in [0.29, 0.717) is 16.5 Å². The van der Waals surface area contributed by atoms with Gasteiger partial charge in [-0.05, 0) is 61.2 Å². The van der Waals surface area contributed by atoms with E-state index in [4.69, 9.17) is 12.2 Å². The van der Waals surface area contributed by atoms with E-state index < -0.39 is 11.7 Å². The van der Waals surface area contributed by atoms with Crippen LogP contribution in [0, 0.1) is 23.1 Å². The smallest absolute Gasteiger partial charge is 0.257 e. The lowest BCUT2D eigenvalue weighted by atomic mass is 9.89. The van der Waals surface area contributed by atoms with Gasteiger partial charge in [-0.1, -0.05) is 13.0 Å². The van der Waals surface area contributed by atoms with E-state index in [1.807, 2.05) is 0 Å². The van der Waals surface area contributed by atoms with Crippen molar-refractivity contribution in [3.05, 3.63) is 51.7 Å². The van der Waals surface area contributed by atoms with Crippen LogP contribution in [0.2, 0.25) is 0 Å². The van der Waals surface area contributed by atoms with Crippen LogP contribution in [0.25, 0.3) is 0 Å². The molecule has 0 bridgehead atoms. The topological polar surface area (TPSA) is 64.9 Å². The molecule has 128 valence electrons. The molecule has 1 heterocycles. The van der Waals surface area contributed by atoms with E-state index in [9.17, 15) is 14.4 Å². The molecule has 0 saturated heterocycles. The summed E-state index contributed by atoms with van der Waals surface area (Å²) in [5.41, 5.74) is 1.88. The molecule has 1 aliphatic carbocycles. The normalized spacial score (nSPS) is 15.8. The minimum Gasteiger partial charge on any atom is -0.323 e. The number of thiocarbonyl (C=S) groups is 1. The third kappa shape index (κ3) is 3.86. The van der Waals surface area contributed by atoms with Crippen molar-refractivity contribution in [3.8, 4) is 6.07 Å². The Labute approximate surface area is 154 Å². The number of nitriles is 1. The SMILES string of the molecule is C[C@@H]1CCc2c(sc(NC(=S)NC(=O)c3cccc(F)c3)c2C#N)C1. The van der Waals surface area contributed by atoms with Gasteiger partial charge < -0.3 is 5.32 Å². The maximum atomic E-state index is 13.2. The van der Waals surface area contributed by atoms with Crippen molar-refractivity contribution >= 4 is 39.6 Å². The fraction of sp³-hybridized carbons (Fsp3) is 0.278. The summed E-state index contributed by atoms with van der Waals surface area (Å²) in [5, 5.41) is 15.7. The van der Waals surface area contributed by atoms with Gasteiger partial charge in [0.1, 0.15) is 16.9 Å². The molecule has 0 radical (unpaired) electrons. The molecule has 0 spiro atoms. The van der Waals surface area contributed by atoms with Crippen LogP contribution in [0.4, 0.5) is 9.39 Å². The number of halogens is 1. The number of carbonyl (C=O) groups is 1. The summed E-state index contributed by atoms with van der Waals surface area (Å²) in [6.07, 6.45) is 2.91. The molecule has 0 saturated carbocycles. The van der Waals surface area contributed by atoms with Crippen molar-refractivity contribution in [2.45, 2.75) is 26.2 Å². The molecule has 7 heteroatoms. The minimum atomic E-state index is -0.495. The average molecular weight is 373 g/mol. The molecule has 0 aliphatic heterocycles. The van der Waals surface area contributed by atoms with Gasteiger partial charge >= 0.3 is 0 Å². The minimum absolute atomic E-state index is 0.0948. The monoisotopic (exact) mass is 373 g/mol. The molecule has 1 aromatic heterocycles. The lowest BCUT2D eigenvalue weighted by molar-refractivity contribution is 0.0977. The van der Waals surface area contributed by atoms with Crippen molar-refractivity contribution in [1.29, 1.82) is 5.26 Å². The summed E-state index contributed by atoms with van der Waals surface area (Å²) in [6.45, 7) is 2.20. The fourth-order valence-electron chi connectivity index (χ4n) is 2.90. The molecular weight excluding hydrogens is 357 g/mol. The number of hydrogen-bond acceptors (Lipinski definition) is 4. The molecule has 4 nitrogen and oxygen atoms in total. The molecule has 1 aromatic carbocycles. The Morgan fingerprint density at radius 3 is 3.00 bits per heavy atom. The Bertz CT molecular complexity index is 885. The second-order valence-electron chi connectivity index (χ2n) is 6.09. The Balaban J connectivity index is 1.73. The number of hydrogen-bond donors (Lipinski definition) is 2. The highest BCUT2D eigenvalue weighted by molar-refractivity contribution is 7.80. The highest BCUT2D eigenvalue weighted by Crippen LogP contribution is 2.39. The summed E-state index contributed by atoms with van der Waals surface area (Å²) in [5.74, 6) is -0.381. The number of nitrogens with zero attached hydrogens (tertiary/aromatic N) is 1. The zero-order chi connectivity index (χ0) is 18.0. The Morgan fingerprint density at radius 1 is 1.48 bits per heavy atom. The van der Waals surface area contributed by atoms with Crippen LogP contribution in [-0.2, 0) is 12.8 Å². The first-order valence-electron chi connectivity index (χ1n) is 7.90. The molecule has 3 rings (SSSR count). The van der Waals surface area contributed by atoms with Crippen LogP contribution in [0.5, 0.6) is 0 Å². The van der Waals surface area contributed by atoms with Crippen LogP contribution in [0.15, 0.2) is 24.3 Å². The Kier molecular flexibility index (Phi) is 5.11. The van der Waals surface area contributed by atoms with Crippen molar-refractivity contribution in [2.75, 3.05) is 5.32 Å². The number of fused-ring (bicyclic) bond motifs is 1. The van der Waals surface area contributed by atoms with E-state index in [-0.39, 0.29) is 10.7 Å². The highest BCUT2D eigenvalue weighted by Gasteiger charge is 2.24. The second kappa shape index (κ2) is 7.30. The number of carbonyl (C=O) groups excluding carboxylic acids is 1. The van der Waals surface area contributed by atoms with E-state index in [1.54, 1.807) is 0 Å². The van der Waals surface area contributed by atoms with E-state index in [0.717, 1.165) is 30.9 Å². The van der Waals surface area contributed by atoms with Gasteiger partial charge in [-0.25, -0.2) is 4.39 Å². The van der Waals surface area contributed by atoms with Crippen molar-refractivity contribution in [2.24, 2.45) is 5.92 Å². The number of amides is 1. The standard InChI is InChI=1S/C18H16FN3OS2/c1-10-5-6-13-14(9-20)17(25-15(13)7-10)22-18(24)21-16(23)11-3-2-4-12(19)8-11/h2-4,8,10H,5-7H2,1H3,(H2,21,22,23,24)/t10-/m1/s1. The molecule has 2 N–H and O–H groups in total. The molecule has 25 heavy (non-hydrogen) atoms. The largest absolute Gasteiger partial charge is 0.323 e. The Hall–Kier alpha value is -2.30. The van der Waals surface area contributed by atoms with Crippen LogP contribution in [0.1, 0.15) is 39.7 Å². The van der Waals surface area contributed by atoms with Crippen molar-refractivity contribution in [3.63, 3.8) is 0 Å². The van der Waals surface area contributed by atoms with Crippen LogP contribution in [-0.4, -0.2) is 11.0 Å². The van der Waals surface area contributed by atoms with Crippen molar-refractivity contribution < 1.29 is 9.18 Å². The quantitative estimate of drug-likeness (QED) is 0.781. The van der Waals surface area contributed by atoms with Gasteiger partial charge in [0.2, 0.25) is 0 Å². The predicted molar refractivity (Wildman–Crippen MR) is 100 cm³/mol. The maximum absolute atomic E-state index is 13.2. The molecular formula is C18H16FN3OS2. The lowest BCUT2D eigenvalue weighted by Gasteiger charge is -2.17. The zero-order valence-electron chi connectivity index (χ0n) is 13.6. The molecule has 1 aliphatic rings. The van der Waals surface area contributed by atoms with Gasteiger partial charge in [-0.15, -0.1) is 11.3 Å². The van der Waals surface area contributed by atoms with Crippen LogP contribution in [0.3, 0.4) is 0 Å². The molecule has 0 fully saturated rings. The molecule has 0 unspecified atom stereocenters. The zero-order valence-corrected chi connectivity index (χ0v) is 15.2. The summed E-state index contributed by atoms with van der Waals surface area (Å²) >= 11 is 6.69. The number of nitrogens with one attached hydrogen (secondary N) is 2. The lowest BCUT2D eigenvalue weighted by Crippen LogP contribution is -2.34. The molecule has 1 amide bonds. The second-order valence-corrected chi connectivity index (χ2v) is 7.60. The molecule has 1 atom stereocenters. The fourth-order valence-corrected chi connectivity index (χ4v) is 4.52. The number of thiophene rings is 1. The highest BCUT2D eigenvalue weighted by atomic mass is 32.1. The van der Waals surface area contributed by atoms with Gasteiger partial charge in [0.15, 0.2) is 5.11 Å². The number of benzene rings is 1. The first-order chi connectivity index (χ1) is 12.0. The average Bonchev–Trinajstić information content (AvgIpc) is 2.90. The van der Waals surface area contributed by atoms with Crippen molar-refractivity contribution in [1.82, 2.24) is 5.32 Å². The number of rotatable bonds is 2. The van der Waals surface area contributed by atoms with E-state index in [1.165, 1.54) is 34.4 Å². The van der Waals surface area contributed by atoms with E-state index in [2.05, 4.69) is 23.6 Å². The first kappa shape index (κ1) is 17.5. The predicted octanol–water partition coefficient (Wildman–Crippen LogP) is 4.01. The van der Waals surface area contributed by atoms with Gasteiger partial charge in [0, 0.05) is 10.4 Å². The maximum Gasteiger partial charge on any atom is 0.257 e. The van der Waals surface area contributed by atoms with E-state index >= 15 is 0 Å². The van der Waals surface area contributed by atoms with Gasteiger partial charge in [0.05, 0.1) is 5.56 Å². The molecule has 2 aromatic rings. The van der Waals surface area contributed by atoms with Gasteiger partial charge in [0.25, 0.3) is 5.91 Å². The van der Waals surface area contributed by atoms with Crippen LogP contribution < -0.4 is 10.6 Å². The summed E-state index contributed by atoms with van der Waals surface area (Å²) in [7, 11) is 0. The summed E-state index contributed by atoms with van der Waals surface area (Å²) < 4.78 is 13.2. The Morgan fingerprint density at radius 2 is 2.28 bits per heavy atom.